The minimum Gasteiger partial charge on any atom is -0.348 e. The largest absolute Gasteiger partial charge is 0.348 e. The average Bonchev–Trinajstić information content (AvgIpc) is 2.43. The van der Waals surface area contributed by atoms with Crippen LogP contribution in [0.1, 0.15) is 21.5 Å². The van der Waals surface area contributed by atoms with Gasteiger partial charge in [-0.3, -0.25) is 4.79 Å². The van der Waals surface area contributed by atoms with Crippen molar-refractivity contribution in [1.29, 1.82) is 0 Å². The molecular formula is C15H12F3NO. The van der Waals surface area contributed by atoms with Crippen LogP contribution in [-0.2, 0) is 6.54 Å². The van der Waals surface area contributed by atoms with Gasteiger partial charge in [0.15, 0.2) is 11.6 Å². The number of aryl methyl sites for hydroxylation is 1. The molecule has 2 nitrogen and oxygen atoms in total. The number of hydrogen-bond acceptors (Lipinski definition) is 1. The van der Waals surface area contributed by atoms with Crippen molar-refractivity contribution in [2.45, 2.75) is 13.5 Å². The topological polar surface area (TPSA) is 29.1 Å². The molecule has 0 bridgehead atoms. The van der Waals surface area contributed by atoms with Gasteiger partial charge in [0, 0.05) is 12.1 Å². The Kier molecular flexibility index (Phi) is 4.08. The number of carbonyl (C=O) groups excluding carboxylic acids is 1. The second kappa shape index (κ2) is 5.77. The number of halogens is 3. The summed E-state index contributed by atoms with van der Waals surface area (Å²) < 4.78 is 39.1. The van der Waals surface area contributed by atoms with Gasteiger partial charge in [0.25, 0.3) is 5.91 Å². The maximum Gasteiger partial charge on any atom is 0.251 e. The van der Waals surface area contributed by atoms with Crippen LogP contribution >= 0.6 is 0 Å². The molecule has 1 N–H and O–H groups in total. The van der Waals surface area contributed by atoms with Crippen LogP contribution in [0.2, 0.25) is 0 Å². The monoisotopic (exact) mass is 279 g/mol. The molecule has 0 spiro atoms. The van der Waals surface area contributed by atoms with Crippen LogP contribution in [0.15, 0.2) is 36.4 Å². The van der Waals surface area contributed by atoms with Crippen LogP contribution in [0.25, 0.3) is 0 Å². The van der Waals surface area contributed by atoms with Crippen LogP contribution in [0.5, 0.6) is 0 Å². The first-order valence-corrected chi connectivity index (χ1v) is 5.95. The van der Waals surface area contributed by atoms with Gasteiger partial charge in [0.05, 0.1) is 0 Å². The van der Waals surface area contributed by atoms with Gasteiger partial charge in [-0.15, -0.1) is 0 Å². The lowest BCUT2D eigenvalue weighted by Crippen LogP contribution is -2.23. The lowest BCUT2D eigenvalue weighted by atomic mass is 10.1. The van der Waals surface area contributed by atoms with Crippen molar-refractivity contribution >= 4 is 5.91 Å². The Labute approximate surface area is 114 Å². The molecule has 0 radical (unpaired) electrons. The second-order valence-electron chi connectivity index (χ2n) is 4.40. The van der Waals surface area contributed by atoms with Crippen LogP contribution in [0.4, 0.5) is 13.2 Å². The summed E-state index contributed by atoms with van der Waals surface area (Å²) in [5.74, 6) is -3.00. The van der Waals surface area contributed by atoms with E-state index in [4.69, 9.17) is 0 Å². The molecule has 0 aliphatic carbocycles. The van der Waals surface area contributed by atoms with E-state index in [9.17, 15) is 18.0 Å². The summed E-state index contributed by atoms with van der Waals surface area (Å²) in [5, 5.41) is 2.51. The van der Waals surface area contributed by atoms with Crippen molar-refractivity contribution in [3.05, 3.63) is 70.5 Å². The van der Waals surface area contributed by atoms with E-state index in [-0.39, 0.29) is 17.9 Å². The molecule has 2 aromatic carbocycles. The molecule has 104 valence electrons. The summed E-state index contributed by atoms with van der Waals surface area (Å²) in [6.07, 6.45) is 0. The van der Waals surface area contributed by atoms with E-state index < -0.39 is 17.5 Å². The fourth-order valence-electron chi connectivity index (χ4n) is 1.67. The van der Waals surface area contributed by atoms with Crippen molar-refractivity contribution in [2.24, 2.45) is 0 Å². The fraction of sp³-hybridized carbons (Fsp3) is 0.133. The fourth-order valence-corrected chi connectivity index (χ4v) is 1.67. The predicted molar refractivity (Wildman–Crippen MR) is 68.7 cm³/mol. The van der Waals surface area contributed by atoms with E-state index in [1.807, 2.05) is 0 Å². The quantitative estimate of drug-likeness (QED) is 0.917. The molecule has 2 aromatic rings. The number of hydrogen-bond donors (Lipinski definition) is 1. The van der Waals surface area contributed by atoms with Crippen LogP contribution < -0.4 is 5.32 Å². The summed E-state index contributed by atoms with van der Waals surface area (Å²) >= 11 is 0. The van der Waals surface area contributed by atoms with Gasteiger partial charge in [-0.1, -0.05) is 12.1 Å². The van der Waals surface area contributed by atoms with Gasteiger partial charge < -0.3 is 5.32 Å². The zero-order valence-corrected chi connectivity index (χ0v) is 10.7. The number of rotatable bonds is 3. The van der Waals surface area contributed by atoms with Gasteiger partial charge in [-0.05, 0) is 42.3 Å². The minimum atomic E-state index is -1.08. The molecular weight excluding hydrogens is 267 g/mol. The molecule has 0 heterocycles. The van der Waals surface area contributed by atoms with Gasteiger partial charge in [-0.2, -0.15) is 0 Å². The maximum atomic E-state index is 13.3. The summed E-state index contributed by atoms with van der Waals surface area (Å²) in [4.78, 5) is 11.7. The minimum absolute atomic E-state index is 0.0106. The lowest BCUT2D eigenvalue weighted by Gasteiger charge is -2.07. The summed E-state index contributed by atoms with van der Waals surface area (Å²) in [7, 11) is 0. The van der Waals surface area contributed by atoms with Gasteiger partial charge in [0.1, 0.15) is 5.82 Å². The first kappa shape index (κ1) is 14.1. The Morgan fingerprint density at radius 1 is 1.00 bits per heavy atom. The van der Waals surface area contributed by atoms with Crippen molar-refractivity contribution < 1.29 is 18.0 Å². The van der Waals surface area contributed by atoms with Crippen molar-refractivity contribution in [1.82, 2.24) is 5.32 Å². The summed E-state index contributed by atoms with van der Waals surface area (Å²) in [6.45, 7) is 1.74. The highest BCUT2D eigenvalue weighted by Gasteiger charge is 2.09. The highest BCUT2D eigenvalue weighted by molar-refractivity contribution is 5.94. The van der Waals surface area contributed by atoms with E-state index in [1.54, 1.807) is 19.1 Å². The Morgan fingerprint density at radius 3 is 2.40 bits per heavy atom. The molecule has 0 unspecified atom stereocenters. The lowest BCUT2D eigenvalue weighted by molar-refractivity contribution is 0.0950. The number of nitrogens with one attached hydrogen (secondary N) is 1. The van der Waals surface area contributed by atoms with E-state index in [0.29, 0.717) is 11.1 Å². The second-order valence-corrected chi connectivity index (χ2v) is 4.40. The normalized spacial score (nSPS) is 10.4. The summed E-state index contributed by atoms with van der Waals surface area (Å²) in [6, 6.07) is 7.50. The third-order valence-corrected chi connectivity index (χ3v) is 2.87. The van der Waals surface area contributed by atoms with Gasteiger partial charge >= 0.3 is 0 Å². The molecule has 20 heavy (non-hydrogen) atoms. The summed E-state index contributed by atoms with van der Waals surface area (Å²) in [5.41, 5.74) is 1.11. The highest BCUT2D eigenvalue weighted by atomic mass is 19.2. The third-order valence-electron chi connectivity index (χ3n) is 2.87. The molecule has 2 rings (SSSR count). The van der Waals surface area contributed by atoms with Crippen LogP contribution in [-0.4, -0.2) is 5.91 Å². The van der Waals surface area contributed by atoms with E-state index in [2.05, 4.69) is 5.32 Å². The zero-order chi connectivity index (χ0) is 14.7. The predicted octanol–water partition coefficient (Wildman–Crippen LogP) is 3.34. The first-order valence-electron chi connectivity index (χ1n) is 5.95. The van der Waals surface area contributed by atoms with E-state index in [1.165, 1.54) is 12.1 Å². The number of amides is 1. The van der Waals surface area contributed by atoms with E-state index >= 15 is 0 Å². The molecule has 0 saturated carbocycles. The van der Waals surface area contributed by atoms with Gasteiger partial charge in [-0.25, -0.2) is 13.2 Å². The maximum absolute atomic E-state index is 13.3. The molecule has 0 aromatic heterocycles. The highest BCUT2D eigenvalue weighted by Crippen LogP contribution is 2.11. The Balaban J connectivity index is 2.04. The van der Waals surface area contributed by atoms with Crippen molar-refractivity contribution in [3.8, 4) is 0 Å². The Hall–Kier alpha value is -2.30. The third kappa shape index (κ3) is 3.17. The van der Waals surface area contributed by atoms with Crippen LogP contribution in [0.3, 0.4) is 0 Å². The van der Waals surface area contributed by atoms with E-state index in [0.717, 1.165) is 12.1 Å². The SMILES string of the molecule is Cc1ccc(CNC(=O)c2ccc(F)c(F)c2)cc1F. The van der Waals surface area contributed by atoms with Gasteiger partial charge in [0.2, 0.25) is 0 Å². The van der Waals surface area contributed by atoms with Crippen LogP contribution in [0, 0.1) is 24.4 Å². The molecule has 1 amide bonds. The Morgan fingerprint density at radius 2 is 1.75 bits per heavy atom. The first-order chi connectivity index (χ1) is 9.47. The van der Waals surface area contributed by atoms with Crippen molar-refractivity contribution in [2.75, 3.05) is 0 Å². The molecule has 0 aliphatic heterocycles. The molecule has 0 fully saturated rings. The van der Waals surface area contributed by atoms with Crippen molar-refractivity contribution in [3.63, 3.8) is 0 Å². The standard InChI is InChI=1S/C15H12F3NO/c1-9-2-3-10(6-13(9)17)8-19-15(20)11-4-5-12(16)14(18)7-11/h2-7H,8H2,1H3,(H,19,20). The number of benzene rings is 2. The molecule has 0 saturated heterocycles. The average molecular weight is 279 g/mol. The molecule has 5 heteroatoms. The molecule has 0 atom stereocenters. The smallest absolute Gasteiger partial charge is 0.251 e. The zero-order valence-electron chi connectivity index (χ0n) is 10.7. The molecule has 0 aliphatic rings. The number of carbonyl (C=O) groups is 1. The Bertz CT molecular complexity index is 656.